The van der Waals surface area contributed by atoms with E-state index in [2.05, 4.69) is 0 Å². The summed E-state index contributed by atoms with van der Waals surface area (Å²) >= 11 is 5.74. The number of anilines is 1. The maximum absolute atomic E-state index is 14.2. The summed E-state index contributed by atoms with van der Waals surface area (Å²) in [6.45, 7) is 1.16. The normalized spacial score (nSPS) is 18.9. The topological polar surface area (TPSA) is 99.1 Å². The first-order valence-electron chi connectivity index (χ1n) is 6.87. The van der Waals surface area contributed by atoms with Gasteiger partial charge in [0, 0.05) is 6.07 Å². The van der Waals surface area contributed by atoms with Gasteiger partial charge in [0.1, 0.15) is 17.3 Å². The largest absolute Gasteiger partial charge is 0.479 e. The van der Waals surface area contributed by atoms with Gasteiger partial charge in [0.2, 0.25) is 0 Å². The fourth-order valence-corrected chi connectivity index (χ4v) is 2.21. The van der Waals surface area contributed by atoms with E-state index >= 15 is 0 Å². The Balaban J connectivity index is 2.43. The number of nitrogens with one attached hydrogen (secondary N) is 1. The van der Waals surface area contributed by atoms with Gasteiger partial charge in [-0.3, -0.25) is 4.90 Å². The van der Waals surface area contributed by atoms with Crippen LogP contribution in [-0.2, 0) is 4.79 Å². The van der Waals surface area contributed by atoms with Gasteiger partial charge in [0.25, 0.3) is 0 Å². The minimum atomic E-state index is -4.92. The van der Waals surface area contributed by atoms with E-state index in [-0.39, 0.29) is 16.8 Å². The molecule has 3 N–H and O–H groups in total. The highest BCUT2D eigenvalue weighted by atomic mass is 35.5. The molecule has 0 aromatic heterocycles. The second-order valence-corrected chi connectivity index (χ2v) is 5.53. The van der Waals surface area contributed by atoms with Gasteiger partial charge >= 0.3 is 18.2 Å². The van der Waals surface area contributed by atoms with Crippen molar-refractivity contribution in [3.63, 3.8) is 0 Å². The molecule has 7 nitrogen and oxygen atoms in total. The number of nitrogens with zero attached hydrogens (tertiary/aromatic N) is 1. The number of amides is 2. The molecule has 0 saturated heterocycles. The summed E-state index contributed by atoms with van der Waals surface area (Å²) in [6, 6.07) is 0.0154. The third-order valence-corrected chi connectivity index (χ3v) is 3.55. The van der Waals surface area contributed by atoms with E-state index in [1.807, 2.05) is 0 Å². The smallest absolute Gasteiger partial charge is 0.431 e. The molecule has 2 atom stereocenters. The number of carboxylic acids is 1. The van der Waals surface area contributed by atoms with Crippen LogP contribution < -0.4 is 15.0 Å². The summed E-state index contributed by atoms with van der Waals surface area (Å²) in [5.41, 5.74) is -2.17. The number of allylic oxidation sites excluding steroid dienone is 1. The Kier molecular flexibility index (Phi) is 5.33. The van der Waals surface area contributed by atoms with E-state index < -0.39 is 47.7 Å². The first-order valence-corrected chi connectivity index (χ1v) is 7.25. The van der Waals surface area contributed by atoms with E-state index in [0.29, 0.717) is 11.0 Å². The van der Waals surface area contributed by atoms with Crippen molar-refractivity contribution in [1.82, 2.24) is 5.32 Å². The lowest BCUT2D eigenvalue weighted by Gasteiger charge is -2.32. The standard InChI is InChI=1S/C14H11ClF4N2O5/c1-5(12(23)24)26-9-3-8(7(16)2-6(9)15)21-11(22)4-10(14(17,18)19)20-13(21)25/h2-5,11,22H,1H3,(H,20,25)(H,23,24)/t5-,11?/m1/s1. The van der Waals surface area contributed by atoms with Gasteiger partial charge in [-0.15, -0.1) is 0 Å². The predicted octanol–water partition coefficient (Wildman–Crippen LogP) is 2.63. The van der Waals surface area contributed by atoms with Crippen LogP contribution >= 0.6 is 11.6 Å². The number of aliphatic carboxylic acids is 1. The molecule has 26 heavy (non-hydrogen) atoms. The average Bonchev–Trinajstić information content (AvgIpc) is 2.49. The van der Waals surface area contributed by atoms with Crippen molar-refractivity contribution in [1.29, 1.82) is 0 Å². The van der Waals surface area contributed by atoms with Crippen molar-refractivity contribution >= 4 is 29.3 Å². The number of alkyl halides is 3. The van der Waals surface area contributed by atoms with Gasteiger partial charge in [0.15, 0.2) is 12.3 Å². The Morgan fingerprint density at radius 2 is 2.04 bits per heavy atom. The van der Waals surface area contributed by atoms with E-state index in [1.54, 1.807) is 0 Å². The maximum atomic E-state index is 14.2. The van der Waals surface area contributed by atoms with Crippen LogP contribution in [0, 0.1) is 5.82 Å². The first kappa shape index (κ1) is 19.8. The number of aliphatic hydroxyl groups is 1. The monoisotopic (exact) mass is 398 g/mol. The van der Waals surface area contributed by atoms with Gasteiger partial charge < -0.3 is 20.3 Å². The fourth-order valence-electron chi connectivity index (χ4n) is 2.01. The van der Waals surface area contributed by atoms with Crippen LogP contribution in [0.3, 0.4) is 0 Å². The Morgan fingerprint density at radius 3 is 2.54 bits per heavy atom. The number of carbonyl (C=O) groups is 2. The van der Waals surface area contributed by atoms with Crippen LogP contribution in [0.1, 0.15) is 6.92 Å². The van der Waals surface area contributed by atoms with E-state index in [0.717, 1.165) is 13.0 Å². The molecule has 1 heterocycles. The molecule has 0 bridgehead atoms. The van der Waals surface area contributed by atoms with Crippen LogP contribution in [0.15, 0.2) is 23.9 Å². The third-order valence-electron chi connectivity index (χ3n) is 3.26. The zero-order valence-electron chi connectivity index (χ0n) is 12.8. The quantitative estimate of drug-likeness (QED) is 0.677. The number of ether oxygens (including phenoxy) is 1. The second kappa shape index (κ2) is 7.00. The van der Waals surface area contributed by atoms with Crippen molar-refractivity contribution in [3.05, 3.63) is 34.7 Å². The molecule has 0 aliphatic carbocycles. The van der Waals surface area contributed by atoms with Crippen molar-refractivity contribution in [3.8, 4) is 5.75 Å². The number of benzene rings is 1. The lowest BCUT2D eigenvalue weighted by Crippen LogP contribution is -2.52. The zero-order chi connectivity index (χ0) is 19.8. The summed E-state index contributed by atoms with van der Waals surface area (Å²) in [5.74, 6) is -2.85. The van der Waals surface area contributed by atoms with Crippen LogP contribution in [0.2, 0.25) is 5.02 Å². The summed E-state index contributed by atoms with van der Waals surface area (Å²) in [7, 11) is 0. The predicted molar refractivity (Wildman–Crippen MR) is 80.3 cm³/mol. The third kappa shape index (κ3) is 3.99. The Labute approximate surface area is 148 Å². The molecule has 1 unspecified atom stereocenters. The van der Waals surface area contributed by atoms with Gasteiger partial charge in [-0.25, -0.2) is 14.0 Å². The number of carboxylic acid groups (broad SMARTS) is 1. The maximum Gasteiger partial charge on any atom is 0.431 e. The van der Waals surface area contributed by atoms with Crippen LogP contribution in [0.4, 0.5) is 28.0 Å². The molecule has 0 radical (unpaired) electrons. The second-order valence-electron chi connectivity index (χ2n) is 5.12. The fraction of sp³-hybridized carbons (Fsp3) is 0.286. The van der Waals surface area contributed by atoms with Gasteiger partial charge in [-0.05, 0) is 19.1 Å². The molecule has 0 fully saturated rings. The van der Waals surface area contributed by atoms with Crippen molar-refractivity contribution in [2.75, 3.05) is 4.90 Å². The molecular weight excluding hydrogens is 388 g/mol. The number of urea groups is 1. The highest BCUT2D eigenvalue weighted by Gasteiger charge is 2.41. The lowest BCUT2D eigenvalue weighted by atomic mass is 10.2. The minimum Gasteiger partial charge on any atom is -0.479 e. The van der Waals surface area contributed by atoms with E-state index in [4.69, 9.17) is 21.4 Å². The summed E-state index contributed by atoms with van der Waals surface area (Å²) in [4.78, 5) is 23.0. The number of halogens is 5. The van der Waals surface area contributed by atoms with Gasteiger partial charge in [0.05, 0.1) is 10.7 Å². The molecule has 1 aliphatic heterocycles. The number of rotatable bonds is 4. The van der Waals surface area contributed by atoms with Crippen LogP contribution in [0.5, 0.6) is 5.75 Å². The highest BCUT2D eigenvalue weighted by molar-refractivity contribution is 6.32. The SMILES string of the molecule is C[C@@H](Oc1cc(N2C(=O)NC(C(F)(F)F)=CC2O)c(F)cc1Cl)C(=O)O. The molecule has 12 heteroatoms. The Morgan fingerprint density at radius 1 is 1.42 bits per heavy atom. The number of carbonyl (C=O) groups excluding carboxylic acids is 1. The van der Waals surface area contributed by atoms with Crippen LogP contribution in [0.25, 0.3) is 0 Å². The molecule has 142 valence electrons. The number of hydrogen-bond acceptors (Lipinski definition) is 4. The van der Waals surface area contributed by atoms with Gasteiger partial charge in [-0.1, -0.05) is 11.6 Å². The number of aliphatic hydroxyl groups excluding tert-OH is 1. The molecule has 0 spiro atoms. The molecule has 0 saturated carbocycles. The van der Waals surface area contributed by atoms with Crippen molar-refractivity contribution in [2.24, 2.45) is 0 Å². The minimum absolute atomic E-state index is 0.274. The molecule has 1 aromatic rings. The Hall–Kier alpha value is -2.53. The molecule has 1 aromatic carbocycles. The zero-order valence-corrected chi connectivity index (χ0v) is 13.6. The molecule has 1 aliphatic rings. The van der Waals surface area contributed by atoms with E-state index in [1.165, 1.54) is 5.32 Å². The average molecular weight is 399 g/mol. The Bertz CT molecular complexity index is 783. The highest BCUT2D eigenvalue weighted by Crippen LogP contribution is 2.36. The number of hydrogen-bond donors (Lipinski definition) is 3. The summed E-state index contributed by atoms with van der Waals surface area (Å²) in [6.07, 6.45) is -8.18. The van der Waals surface area contributed by atoms with Crippen LogP contribution in [-0.4, -0.2) is 40.7 Å². The molecule has 2 amide bonds. The molecule has 2 rings (SSSR count). The summed E-state index contributed by atoms with van der Waals surface area (Å²) in [5, 5.41) is 19.8. The first-order chi connectivity index (χ1) is 11.9. The van der Waals surface area contributed by atoms with Gasteiger partial charge in [-0.2, -0.15) is 13.2 Å². The lowest BCUT2D eigenvalue weighted by molar-refractivity contribution is -0.144. The van der Waals surface area contributed by atoms with Crippen molar-refractivity contribution < 1.29 is 42.1 Å². The summed E-state index contributed by atoms with van der Waals surface area (Å²) < 4.78 is 57.1. The van der Waals surface area contributed by atoms with E-state index in [9.17, 15) is 32.3 Å². The molecular formula is C14H11ClF4N2O5. The van der Waals surface area contributed by atoms with Crippen molar-refractivity contribution in [2.45, 2.75) is 25.4 Å².